The molecule has 0 radical (unpaired) electrons. The third kappa shape index (κ3) is 9.52. The van der Waals surface area contributed by atoms with Gasteiger partial charge in [-0.05, 0) is 136 Å². The lowest BCUT2D eigenvalue weighted by molar-refractivity contribution is -0.312. The molecule has 1 aromatic heterocycles. The van der Waals surface area contributed by atoms with E-state index in [1.165, 1.54) is 33.8 Å². The molecular formula is C42H45N3O8S2-2. The zero-order valence-corrected chi connectivity index (χ0v) is 32.4. The maximum Gasteiger partial charge on any atom is 0.258 e. The van der Waals surface area contributed by atoms with Crippen LogP contribution >= 0.6 is 11.3 Å². The Labute approximate surface area is 325 Å². The van der Waals surface area contributed by atoms with Crippen molar-refractivity contribution in [1.29, 1.82) is 0 Å². The zero-order chi connectivity index (χ0) is 39.1. The van der Waals surface area contributed by atoms with E-state index in [9.17, 15) is 37.8 Å². The number of aryl methyl sites for hydroxylation is 3. The van der Waals surface area contributed by atoms with Crippen LogP contribution in [0.4, 0.5) is 10.7 Å². The summed E-state index contributed by atoms with van der Waals surface area (Å²) in [6.45, 7) is 2.16. The first kappa shape index (κ1) is 39.8. The number of sulfonamides is 1. The van der Waals surface area contributed by atoms with Crippen LogP contribution in [0.5, 0.6) is 0 Å². The number of benzene rings is 3. The van der Waals surface area contributed by atoms with Gasteiger partial charge in [-0.15, -0.1) is 11.3 Å². The molecule has 0 unspecified atom stereocenters. The largest absolute Gasteiger partial charge is 0.550 e. The number of rotatable bonds is 15. The zero-order valence-electron chi connectivity index (χ0n) is 30.8. The van der Waals surface area contributed by atoms with E-state index < -0.39 is 33.8 Å². The molecule has 4 aromatic rings. The maximum absolute atomic E-state index is 14.0. The lowest BCUT2D eigenvalue weighted by atomic mass is 9.86. The molecule has 0 spiro atoms. The third-order valence-electron chi connectivity index (χ3n) is 10.5. The number of carboxylic acid groups (broad SMARTS) is 2. The summed E-state index contributed by atoms with van der Waals surface area (Å²) in [5.41, 5.74) is 4.39. The van der Waals surface area contributed by atoms with E-state index in [-0.39, 0.29) is 34.5 Å². The predicted molar refractivity (Wildman–Crippen MR) is 207 cm³/mol. The predicted octanol–water partition coefficient (Wildman–Crippen LogP) is 5.38. The van der Waals surface area contributed by atoms with Crippen molar-refractivity contribution in [2.75, 3.05) is 17.2 Å². The minimum Gasteiger partial charge on any atom is -0.550 e. The Morgan fingerprint density at radius 2 is 1.45 bits per heavy atom. The summed E-state index contributed by atoms with van der Waals surface area (Å²) in [6, 6.07) is 19.9. The molecule has 1 heterocycles. The summed E-state index contributed by atoms with van der Waals surface area (Å²) in [7, 11) is -4.00. The molecule has 0 aliphatic heterocycles. The van der Waals surface area contributed by atoms with Gasteiger partial charge in [-0.2, -0.15) is 4.31 Å². The fourth-order valence-electron chi connectivity index (χ4n) is 7.57. The average Bonchev–Trinajstić information content (AvgIpc) is 3.55. The SMILES string of the molecule is CCCN(C1CCC(C(=O)[O-])CC1)S(=O)(=O)c1cccc(C(=O)Nc2sc3c(c2C(=O)Nc2ccc(CCCc4ccc(C(=O)[O-])cc4)cc2)CCCC3)c1. The van der Waals surface area contributed by atoms with Crippen LogP contribution < -0.4 is 20.8 Å². The molecule has 2 amide bonds. The maximum atomic E-state index is 14.0. The molecule has 2 aliphatic rings. The van der Waals surface area contributed by atoms with Gasteiger partial charge >= 0.3 is 0 Å². The summed E-state index contributed by atoms with van der Waals surface area (Å²) in [6.07, 6.45) is 8.00. The van der Waals surface area contributed by atoms with E-state index >= 15 is 0 Å². The molecule has 1 fully saturated rings. The number of aromatic carboxylic acids is 1. The van der Waals surface area contributed by atoms with Crippen LogP contribution in [0.15, 0.2) is 77.7 Å². The molecule has 2 N–H and O–H groups in total. The highest BCUT2D eigenvalue weighted by atomic mass is 32.2. The van der Waals surface area contributed by atoms with Gasteiger partial charge in [0.1, 0.15) is 5.00 Å². The lowest BCUT2D eigenvalue weighted by Crippen LogP contribution is -2.44. The van der Waals surface area contributed by atoms with Crippen molar-refractivity contribution in [2.45, 2.75) is 94.9 Å². The number of amides is 2. The molecule has 290 valence electrons. The standard InChI is InChI=1S/C42H47N3O8S2/c1-2-25-45(33-23-19-30(20-24-33)42(50)51)55(52,53)34-10-6-9-31(26-34)38(46)44-40-37(35-11-3-4-12-36(35)54-40)39(47)43-32-21-15-28(16-22-32)8-5-7-27-13-17-29(18-14-27)41(48)49/h6,9-10,13-18,21-22,26,30,33H,2-5,7-8,11-12,19-20,23-25H2,1H3,(H,43,47)(H,44,46)(H,48,49)(H,50,51)/p-2. The van der Waals surface area contributed by atoms with Gasteiger partial charge in [0.05, 0.1) is 16.4 Å². The highest BCUT2D eigenvalue weighted by Gasteiger charge is 2.34. The van der Waals surface area contributed by atoms with Crippen molar-refractivity contribution >= 4 is 55.8 Å². The quantitative estimate of drug-likeness (QED) is 0.162. The van der Waals surface area contributed by atoms with Gasteiger partial charge in [-0.25, -0.2) is 8.42 Å². The van der Waals surface area contributed by atoms with E-state index in [1.54, 1.807) is 30.3 Å². The summed E-state index contributed by atoms with van der Waals surface area (Å²) >= 11 is 1.38. The van der Waals surface area contributed by atoms with Gasteiger partial charge in [-0.3, -0.25) is 9.59 Å². The second kappa shape index (κ2) is 17.7. The molecule has 1 saturated carbocycles. The topological polar surface area (TPSA) is 176 Å². The van der Waals surface area contributed by atoms with Gasteiger partial charge < -0.3 is 30.4 Å². The summed E-state index contributed by atoms with van der Waals surface area (Å²) in [4.78, 5) is 51.1. The molecular weight excluding hydrogens is 739 g/mol. The van der Waals surface area contributed by atoms with Crippen LogP contribution in [0.1, 0.15) is 111 Å². The molecule has 13 heteroatoms. The third-order valence-corrected chi connectivity index (χ3v) is 13.7. The number of nitrogens with one attached hydrogen (secondary N) is 2. The van der Waals surface area contributed by atoms with Crippen molar-refractivity contribution in [2.24, 2.45) is 5.92 Å². The first-order valence-corrected chi connectivity index (χ1v) is 21.2. The van der Waals surface area contributed by atoms with Gasteiger partial charge in [0.15, 0.2) is 0 Å². The molecule has 11 nitrogen and oxygen atoms in total. The Kier molecular flexibility index (Phi) is 12.8. The highest BCUT2D eigenvalue weighted by molar-refractivity contribution is 7.89. The van der Waals surface area contributed by atoms with Crippen molar-refractivity contribution in [3.8, 4) is 0 Å². The number of aliphatic carboxylic acids is 1. The summed E-state index contributed by atoms with van der Waals surface area (Å²) in [5.74, 6) is -3.73. The fourth-order valence-corrected chi connectivity index (χ4v) is 10.7. The Morgan fingerprint density at radius 1 is 0.800 bits per heavy atom. The number of anilines is 2. The molecule has 6 rings (SSSR count). The van der Waals surface area contributed by atoms with Gasteiger partial charge in [0.2, 0.25) is 10.0 Å². The summed E-state index contributed by atoms with van der Waals surface area (Å²) < 4.78 is 29.4. The average molecular weight is 784 g/mol. The molecule has 0 atom stereocenters. The number of carbonyl (C=O) groups excluding carboxylic acids is 4. The van der Waals surface area contributed by atoms with Crippen LogP contribution in [-0.4, -0.2) is 49.1 Å². The molecule has 0 saturated heterocycles. The van der Waals surface area contributed by atoms with Gasteiger partial charge in [0.25, 0.3) is 11.8 Å². The Morgan fingerprint density at radius 3 is 2.09 bits per heavy atom. The number of hydrogen-bond acceptors (Lipinski definition) is 9. The second-order valence-corrected chi connectivity index (χ2v) is 17.3. The first-order chi connectivity index (χ1) is 26.4. The number of nitrogens with zero attached hydrogens (tertiary/aromatic N) is 1. The van der Waals surface area contributed by atoms with Crippen molar-refractivity contribution < 1.29 is 37.8 Å². The van der Waals surface area contributed by atoms with Crippen molar-refractivity contribution in [3.05, 3.63) is 111 Å². The normalized spacial score (nSPS) is 17.0. The lowest BCUT2D eigenvalue weighted by Gasteiger charge is -2.36. The van der Waals surface area contributed by atoms with Crippen molar-refractivity contribution in [1.82, 2.24) is 4.31 Å². The van der Waals surface area contributed by atoms with E-state index in [2.05, 4.69) is 10.6 Å². The van der Waals surface area contributed by atoms with E-state index in [1.807, 2.05) is 31.2 Å². The Hall–Kier alpha value is -4.85. The van der Waals surface area contributed by atoms with Crippen molar-refractivity contribution in [3.63, 3.8) is 0 Å². The van der Waals surface area contributed by atoms with Crippen LogP contribution in [0.25, 0.3) is 0 Å². The van der Waals surface area contributed by atoms with Gasteiger partial charge in [0, 0.05) is 34.7 Å². The number of carboxylic acids is 2. The monoisotopic (exact) mass is 783 g/mol. The molecule has 55 heavy (non-hydrogen) atoms. The van der Waals surface area contributed by atoms with Crippen LogP contribution in [0, 0.1) is 5.92 Å². The number of hydrogen-bond donors (Lipinski definition) is 2. The number of thiophene rings is 1. The first-order valence-electron chi connectivity index (χ1n) is 18.9. The van der Waals surface area contributed by atoms with E-state index in [0.717, 1.165) is 60.1 Å². The van der Waals surface area contributed by atoms with Crippen LogP contribution in [0.2, 0.25) is 0 Å². The minimum absolute atomic E-state index is 0.0188. The van der Waals surface area contributed by atoms with E-state index in [4.69, 9.17) is 0 Å². The van der Waals surface area contributed by atoms with E-state index in [0.29, 0.717) is 54.8 Å². The Bertz CT molecular complexity index is 2140. The molecule has 0 bridgehead atoms. The smallest absolute Gasteiger partial charge is 0.258 e. The summed E-state index contributed by atoms with van der Waals surface area (Å²) in [5, 5.41) is 28.7. The highest BCUT2D eigenvalue weighted by Crippen LogP contribution is 2.39. The second-order valence-electron chi connectivity index (χ2n) is 14.3. The number of carbonyl (C=O) groups is 4. The number of fused-ring (bicyclic) bond motifs is 1. The van der Waals surface area contributed by atoms with Crippen LogP contribution in [0.3, 0.4) is 0 Å². The molecule has 2 aliphatic carbocycles. The Balaban J connectivity index is 1.13. The van der Waals surface area contributed by atoms with Gasteiger partial charge in [-0.1, -0.05) is 49.4 Å². The minimum atomic E-state index is -4.00. The molecule has 3 aromatic carbocycles. The fraction of sp³-hybridized carbons (Fsp3) is 0.381. The van der Waals surface area contributed by atoms with Crippen LogP contribution in [-0.2, 0) is 40.5 Å².